The smallest absolute Gasteiger partial charge is 0.243 e. The molecule has 156 valence electrons. The summed E-state index contributed by atoms with van der Waals surface area (Å²) in [5.41, 5.74) is 2.22. The van der Waals surface area contributed by atoms with Crippen LogP contribution in [0.5, 0.6) is 0 Å². The van der Waals surface area contributed by atoms with E-state index in [1.165, 1.54) is 15.3 Å². The minimum absolute atomic E-state index is 0.0724. The third-order valence-electron chi connectivity index (χ3n) is 5.49. The van der Waals surface area contributed by atoms with Crippen molar-refractivity contribution in [3.05, 3.63) is 65.0 Å². The molecule has 1 heterocycles. The maximum Gasteiger partial charge on any atom is 0.243 e. The van der Waals surface area contributed by atoms with Crippen LogP contribution in [-0.2, 0) is 21.4 Å². The number of piperidine rings is 1. The maximum atomic E-state index is 13.8. The van der Waals surface area contributed by atoms with Crippen molar-refractivity contribution >= 4 is 15.9 Å². The van der Waals surface area contributed by atoms with Crippen LogP contribution in [0.2, 0.25) is 0 Å². The Kier molecular flexibility index (Phi) is 6.39. The molecule has 5 nitrogen and oxygen atoms in total. The zero-order chi connectivity index (χ0) is 21.2. The van der Waals surface area contributed by atoms with Gasteiger partial charge in [-0.3, -0.25) is 4.79 Å². The first-order valence-electron chi connectivity index (χ1n) is 9.76. The Bertz CT molecular complexity index is 999. The third-order valence-corrected chi connectivity index (χ3v) is 7.55. The van der Waals surface area contributed by atoms with Gasteiger partial charge in [0.15, 0.2) is 0 Å². The lowest BCUT2D eigenvalue weighted by Crippen LogP contribution is -2.43. The van der Waals surface area contributed by atoms with Crippen molar-refractivity contribution in [1.29, 1.82) is 0 Å². The number of aryl methyl sites for hydroxylation is 2. The molecule has 0 radical (unpaired) electrons. The summed E-state index contributed by atoms with van der Waals surface area (Å²) < 4.78 is 41.3. The first-order valence-corrected chi connectivity index (χ1v) is 11.2. The number of amides is 1. The van der Waals surface area contributed by atoms with Crippen molar-refractivity contribution in [3.8, 4) is 0 Å². The quantitative estimate of drug-likeness (QED) is 0.747. The second-order valence-electron chi connectivity index (χ2n) is 7.73. The van der Waals surface area contributed by atoms with Crippen LogP contribution in [0.1, 0.15) is 29.5 Å². The van der Waals surface area contributed by atoms with E-state index in [-0.39, 0.29) is 24.2 Å². The fraction of sp³-hybridized carbons (Fsp3) is 0.409. The number of hydrogen-bond donors (Lipinski definition) is 0. The van der Waals surface area contributed by atoms with Gasteiger partial charge in [-0.05, 0) is 44.4 Å². The van der Waals surface area contributed by atoms with Gasteiger partial charge in [0.25, 0.3) is 0 Å². The summed E-state index contributed by atoms with van der Waals surface area (Å²) in [5.74, 6) is -0.657. The highest BCUT2D eigenvalue weighted by molar-refractivity contribution is 7.89. The zero-order valence-electron chi connectivity index (χ0n) is 17.1. The largest absolute Gasteiger partial charge is 0.341 e. The molecule has 0 saturated carbocycles. The van der Waals surface area contributed by atoms with Gasteiger partial charge in [0.1, 0.15) is 5.82 Å². The molecule has 0 spiro atoms. The van der Waals surface area contributed by atoms with Gasteiger partial charge in [0, 0.05) is 38.2 Å². The average Bonchev–Trinajstić information content (AvgIpc) is 2.69. The molecule has 0 atom stereocenters. The molecule has 1 aliphatic rings. The third kappa shape index (κ3) is 4.67. The van der Waals surface area contributed by atoms with Gasteiger partial charge in [-0.1, -0.05) is 35.9 Å². The van der Waals surface area contributed by atoms with Crippen molar-refractivity contribution in [2.75, 3.05) is 20.1 Å². The minimum Gasteiger partial charge on any atom is -0.341 e. The maximum absolute atomic E-state index is 13.8. The van der Waals surface area contributed by atoms with Gasteiger partial charge in [-0.15, -0.1) is 0 Å². The van der Waals surface area contributed by atoms with Crippen molar-refractivity contribution in [2.24, 2.45) is 5.92 Å². The van der Waals surface area contributed by atoms with Crippen molar-refractivity contribution in [1.82, 2.24) is 9.21 Å². The summed E-state index contributed by atoms with van der Waals surface area (Å²) in [6.07, 6.45) is 0.926. The number of carbonyl (C=O) groups excluding carboxylic acids is 1. The Morgan fingerprint density at radius 1 is 1.14 bits per heavy atom. The SMILES string of the molecule is Cc1ccc(S(=O)(=O)N2CCC(C(=O)N(C)Cc3ccccc3F)CC2)c(C)c1. The fourth-order valence-electron chi connectivity index (χ4n) is 3.84. The molecular weight excluding hydrogens is 391 g/mol. The van der Waals surface area contributed by atoms with E-state index >= 15 is 0 Å². The Morgan fingerprint density at radius 3 is 2.41 bits per heavy atom. The fourth-order valence-corrected chi connectivity index (χ4v) is 5.52. The molecule has 0 N–H and O–H groups in total. The van der Waals surface area contributed by atoms with Crippen LogP contribution in [0.15, 0.2) is 47.4 Å². The van der Waals surface area contributed by atoms with E-state index in [0.29, 0.717) is 36.4 Å². The molecule has 7 heteroatoms. The second-order valence-corrected chi connectivity index (χ2v) is 9.64. The molecule has 0 aromatic heterocycles. The van der Waals surface area contributed by atoms with Crippen LogP contribution in [0.4, 0.5) is 4.39 Å². The molecule has 1 amide bonds. The van der Waals surface area contributed by atoms with Crippen molar-refractivity contribution < 1.29 is 17.6 Å². The monoisotopic (exact) mass is 418 g/mol. The summed E-state index contributed by atoms with van der Waals surface area (Å²) in [6, 6.07) is 11.7. The summed E-state index contributed by atoms with van der Waals surface area (Å²) in [6.45, 7) is 4.54. The average molecular weight is 419 g/mol. The molecule has 0 unspecified atom stereocenters. The van der Waals surface area contributed by atoms with E-state index in [1.54, 1.807) is 44.3 Å². The molecule has 2 aromatic rings. The van der Waals surface area contributed by atoms with Crippen LogP contribution in [-0.4, -0.2) is 43.7 Å². The van der Waals surface area contributed by atoms with Crippen LogP contribution in [0.25, 0.3) is 0 Å². The Hall–Kier alpha value is -2.25. The molecule has 0 aliphatic carbocycles. The molecule has 2 aromatic carbocycles. The number of benzene rings is 2. The predicted octanol–water partition coefficient (Wildman–Crippen LogP) is 3.50. The van der Waals surface area contributed by atoms with E-state index in [4.69, 9.17) is 0 Å². The molecule has 3 rings (SSSR count). The first-order chi connectivity index (χ1) is 13.7. The molecule has 1 aliphatic heterocycles. The zero-order valence-corrected chi connectivity index (χ0v) is 17.9. The van der Waals surface area contributed by atoms with Gasteiger partial charge < -0.3 is 4.90 Å². The number of halogens is 1. The van der Waals surface area contributed by atoms with Crippen molar-refractivity contribution in [3.63, 3.8) is 0 Å². The highest BCUT2D eigenvalue weighted by Crippen LogP contribution is 2.27. The summed E-state index contributed by atoms with van der Waals surface area (Å²) in [7, 11) is -1.91. The van der Waals surface area contributed by atoms with E-state index in [0.717, 1.165) is 11.1 Å². The van der Waals surface area contributed by atoms with Gasteiger partial charge >= 0.3 is 0 Å². The number of sulfonamides is 1. The van der Waals surface area contributed by atoms with Crippen LogP contribution in [0.3, 0.4) is 0 Å². The standard InChI is InChI=1S/C22H27FN2O3S/c1-16-8-9-21(17(2)14-16)29(27,28)25-12-10-18(11-13-25)22(26)24(3)15-19-6-4-5-7-20(19)23/h4-9,14,18H,10-13,15H2,1-3H3. The summed E-state index contributed by atoms with van der Waals surface area (Å²) in [4.78, 5) is 14.6. The Morgan fingerprint density at radius 2 is 1.79 bits per heavy atom. The Balaban J connectivity index is 1.63. The molecule has 0 bridgehead atoms. The topological polar surface area (TPSA) is 57.7 Å². The van der Waals surface area contributed by atoms with E-state index in [2.05, 4.69) is 0 Å². The van der Waals surface area contributed by atoms with Gasteiger partial charge in [-0.25, -0.2) is 12.8 Å². The lowest BCUT2D eigenvalue weighted by atomic mass is 9.96. The highest BCUT2D eigenvalue weighted by Gasteiger charge is 2.33. The van der Waals surface area contributed by atoms with Crippen LogP contribution in [0, 0.1) is 25.6 Å². The summed E-state index contributed by atoms with van der Waals surface area (Å²) >= 11 is 0. The van der Waals surface area contributed by atoms with Gasteiger partial charge in [-0.2, -0.15) is 4.31 Å². The van der Waals surface area contributed by atoms with E-state index in [1.807, 2.05) is 13.0 Å². The first kappa shape index (κ1) is 21.5. The van der Waals surface area contributed by atoms with Gasteiger partial charge in [0.05, 0.1) is 4.90 Å². The predicted molar refractivity (Wildman–Crippen MR) is 110 cm³/mol. The highest BCUT2D eigenvalue weighted by atomic mass is 32.2. The molecule has 1 saturated heterocycles. The molecule has 29 heavy (non-hydrogen) atoms. The number of hydrogen-bond acceptors (Lipinski definition) is 3. The summed E-state index contributed by atoms with van der Waals surface area (Å²) in [5, 5.41) is 0. The van der Waals surface area contributed by atoms with E-state index in [9.17, 15) is 17.6 Å². The Labute approximate surface area is 172 Å². The lowest BCUT2D eigenvalue weighted by molar-refractivity contribution is -0.136. The van der Waals surface area contributed by atoms with Crippen LogP contribution < -0.4 is 0 Å². The van der Waals surface area contributed by atoms with Crippen LogP contribution >= 0.6 is 0 Å². The molecular formula is C22H27FN2O3S. The van der Waals surface area contributed by atoms with E-state index < -0.39 is 10.0 Å². The number of carbonyl (C=O) groups is 1. The van der Waals surface area contributed by atoms with Gasteiger partial charge in [0.2, 0.25) is 15.9 Å². The second kappa shape index (κ2) is 8.63. The normalized spacial score (nSPS) is 16.0. The minimum atomic E-state index is -3.57. The lowest BCUT2D eigenvalue weighted by Gasteiger charge is -2.33. The number of rotatable bonds is 5. The molecule has 1 fully saturated rings. The van der Waals surface area contributed by atoms with Crippen molar-refractivity contribution in [2.45, 2.75) is 38.1 Å². The number of nitrogens with zero attached hydrogens (tertiary/aromatic N) is 2.